The Morgan fingerprint density at radius 3 is 2.52 bits per heavy atom. The highest BCUT2D eigenvalue weighted by molar-refractivity contribution is 9.10. The molecule has 0 aliphatic rings. The molecule has 0 spiro atoms. The van der Waals surface area contributed by atoms with E-state index in [4.69, 9.17) is 0 Å². The van der Waals surface area contributed by atoms with Gasteiger partial charge in [0.1, 0.15) is 0 Å². The first-order valence-electron chi connectivity index (χ1n) is 7.83. The highest BCUT2D eigenvalue weighted by Gasteiger charge is 2.19. The third-order valence-corrected chi connectivity index (χ3v) is 4.29. The van der Waals surface area contributed by atoms with Crippen LogP contribution in [0.25, 0.3) is 0 Å². The summed E-state index contributed by atoms with van der Waals surface area (Å²) in [4.78, 5) is 18.7. The van der Waals surface area contributed by atoms with E-state index >= 15 is 0 Å². The molecule has 122 valence electrons. The lowest BCUT2D eigenvalue weighted by Crippen LogP contribution is -2.38. The predicted octanol–water partition coefficient (Wildman–Crippen LogP) is 3.66. The number of aromatic nitrogens is 1. The molecule has 0 saturated carbocycles. The van der Waals surface area contributed by atoms with Crippen LogP contribution in [0.1, 0.15) is 35.8 Å². The van der Waals surface area contributed by atoms with Crippen LogP contribution in [0, 0.1) is 0 Å². The van der Waals surface area contributed by atoms with Crippen LogP contribution in [0.3, 0.4) is 0 Å². The Hall–Kier alpha value is -1.72. The average molecular weight is 376 g/mol. The van der Waals surface area contributed by atoms with Crippen molar-refractivity contribution in [3.05, 3.63) is 64.4 Å². The number of carbonyl (C=O) groups is 1. The number of hydrogen-bond donors (Lipinski definition) is 1. The van der Waals surface area contributed by atoms with Crippen molar-refractivity contribution >= 4 is 21.8 Å². The molecule has 2 aromatic rings. The molecule has 0 radical (unpaired) electrons. The fourth-order valence-corrected chi connectivity index (χ4v) is 2.99. The van der Waals surface area contributed by atoms with Gasteiger partial charge in [-0.2, -0.15) is 0 Å². The van der Waals surface area contributed by atoms with Gasteiger partial charge in [0.15, 0.2) is 0 Å². The fourth-order valence-electron chi connectivity index (χ4n) is 2.62. The molecule has 23 heavy (non-hydrogen) atoms. The summed E-state index contributed by atoms with van der Waals surface area (Å²) in [6, 6.07) is 12.2. The lowest BCUT2D eigenvalue weighted by atomic mass is 10.0. The van der Waals surface area contributed by atoms with Crippen LogP contribution in [0.5, 0.6) is 0 Å². The predicted molar refractivity (Wildman–Crippen MR) is 96.4 cm³/mol. The highest BCUT2D eigenvalue weighted by atomic mass is 79.9. The zero-order valence-electron chi connectivity index (χ0n) is 13.5. The van der Waals surface area contributed by atoms with Gasteiger partial charge in [0.2, 0.25) is 0 Å². The van der Waals surface area contributed by atoms with Gasteiger partial charge in [0, 0.05) is 23.4 Å². The van der Waals surface area contributed by atoms with Crippen LogP contribution >= 0.6 is 15.9 Å². The maximum atomic E-state index is 12.3. The van der Waals surface area contributed by atoms with Crippen LogP contribution in [0.2, 0.25) is 0 Å². The third-order valence-electron chi connectivity index (χ3n) is 3.86. The SMILES string of the molecule is CCN(CC)C(CNC(=O)c1cncc(Br)c1)c1ccccc1. The zero-order valence-corrected chi connectivity index (χ0v) is 15.1. The van der Waals surface area contributed by atoms with E-state index < -0.39 is 0 Å². The van der Waals surface area contributed by atoms with Gasteiger partial charge in [-0.3, -0.25) is 14.7 Å². The van der Waals surface area contributed by atoms with E-state index in [1.807, 2.05) is 18.2 Å². The second-order valence-electron chi connectivity index (χ2n) is 5.25. The molecule has 1 amide bonds. The van der Waals surface area contributed by atoms with Crippen molar-refractivity contribution in [1.29, 1.82) is 0 Å². The quantitative estimate of drug-likeness (QED) is 0.802. The molecule has 1 unspecified atom stereocenters. The van der Waals surface area contributed by atoms with Gasteiger partial charge in [0.05, 0.1) is 11.6 Å². The van der Waals surface area contributed by atoms with E-state index in [9.17, 15) is 4.79 Å². The summed E-state index contributed by atoms with van der Waals surface area (Å²) in [6.45, 7) is 6.71. The molecule has 0 saturated heterocycles. The number of pyridine rings is 1. The van der Waals surface area contributed by atoms with E-state index in [-0.39, 0.29) is 11.9 Å². The Labute approximate surface area is 146 Å². The van der Waals surface area contributed by atoms with Crippen LogP contribution in [0.4, 0.5) is 0 Å². The topological polar surface area (TPSA) is 45.2 Å². The minimum absolute atomic E-state index is 0.105. The molecule has 0 fully saturated rings. The summed E-state index contributed by atoms with van der Waals surface area (Å²) in [7, 11) is 0. The normalized spacial score (nSPS) is 12.2. The lowest BCUT2D eigenvalue weighted by molar-refractivity contribution is 0.0934. The van der Waals surface area contributed by atoms with Gasteiger partial charge >= 0.3 is 0 Å². The largest absolute Gasteiger partial charge is 0.350 e. The second kappa shape index (κ2) is 8.79. The summed E-state index contributed by atoms with van der Waals surface area (Å²) >= 11 is 3.34. The van der Waals surface area contributed by atoms with Crippen molar-refractivity contribution in [1.82, 2.24) is 15.2 Å². The van der Waals surface area contributed by atoms with Crippen molar-refractivity contribution in [2.45, 2.75) is 19.9 Å². The third kappa shape index (κ3) is 4.88. The molecule has 1 atom stereocenters. The smallest absolute Gasteiger partial charge is 0.252 e. The molecule has 4 nitrogen and oxygen atoms in total. The van der Waals surface area contributed by atoms with E-state index in [0.29, 0.717) is 12.1 Å². The van der Waals surface area contributed by atoms with E-state index in [2.05, 4.69) is 57.1 Å². The molecule has 0 aliphatic carbocycles. The molecule has 2 rings (SSSR count). The lowest BCUT2D eigenvalue weighted by Gasteiger charge is -2.30. The zero-order chi connectivity index (χ0) is 16.7. The first kappa shape index (κ1) is 17.6. The molecule has 0 bridgehead atoms. The van der Waals surface area contributed by atoms with Crippen LogP contribution < -0.4 is 5.32 Å². The van der Waals surface area contributed by atoms with Gasteiger partial charge in [-0.05, 0) is 40.6 Å². The summed E-state index contributed by atoms with van der Waals surface area (Å²) in [5.74, 6) is -0.105. The van der Waals surface area contributed by atoms with E-state index in [1.54, 1.807) is 18.5 Å². The molecule has 5 heteroatoms. The number of likely N-dealkylation sites (N-methyl/N-ethyl adjacent to an activating group) is 1. The Bertz CT molecular complexity index is 629. The Morgan fingerprint density at radius 2 is 1.91 bits per heavy atom. The number of hydrogen-bond acceptors (Lipinski definition) is 3. The second-order valence-corrected chi connectivity index (χ2v) is 6.17. The van der Waals surface area contributed by atoms with Crippen LogP contribution in [0.15, 0.2) is 53.3 Å². The van der Waals surface area contributed by atoms with Crippen molar-refractivity contribution in [3.8, 4) is 0 Å². The van der Waals surface area contributed by atoms with Gasteiger partial charge < -0.3 is 5.32 Å². The van der Waals surface area contributed by atoms with Gasteiger partial charge in [-0.25, -0.2) is 0 Å². The number of benzene rings is 1. The maximum Gasteiger partial charge on any atom is 0.252 e. The monoisotopic (exact) mass is 375 g/mol. The summed E-state index contributed by atoms with van der Waals surface area (Å²) in [5.41, 5.74) is 1.77. The Balaban J connectivity index is 2.10. The summed E-state index contributed by atoms with van der Waals surface area (Å²) in [6.07, 6.45) is 3.24. The number of nitrogens with zero attached hydrogens (tertiary/aromatic N) is 2. The number of halogens is 1. The van der Waals surface area contributed by atoms with Crippen molar-refractivity contribution in [2.75, 3.05) is 19.6 Å². The fraction of sp³-hybridized carbons (Fsp3) is 0.333. The van der Waals surface area contributed by atoms with Crippen molar-refractivity contribution < 1.29 is 4.79 Å². The Kier molecular flexibility index (Phi) is 6.74. The number of nitrogens with one attached hydrogen (secondary N) is 1. The molecule has 0 aliphatic heterocycles. The maximum absolute atomic E-state index is 12.3. The van der Waals surface area contributed by atoms with Crippen LogP contribution in [-0.2, 0) is 0 Å². The summed E-state index contributed by atoms with van der Waals surface area (Å²) < 4.78 is 0.800. The van der Waals surface area contributed by atoms with E-state index in [0.717, 1.165) is 17.6 Å². The molecule has 1 N–H and O–H groups in total. The first-order valence-corrected chi connectivity index (χ1v) is 8.62. The first-order chi connectivity index (χ1) is 11.2. The molecular weight excluding hydrogens is 354 g/mol. The van der Waals surface area contributed by atoms with Gasteiger partial charge in [-0.1, -0.05) is 44.2 Å². The van der Waals surface area contributed by atoms with Crippen LogP contribution in [-0.4, -0.2) is 35.4 Å². The standard InChI is InChI=1S/C18H22BrN3O/c1-3-22(4-2)17(14-8-6-5-7-9-14)13-21-18(23)15-10-16(19)12-20-11-15/h5-12,17H,3-4,13H2,1-2H3,(H,21,23). The molecular formula is C18H22BrN3O. The number of carbonyl (C=O) groups excluding carboxylic acids is 1. The summed E-state index contributed by atoms with van der Waals surface area (Å²) in [5, 5.41) is 3.03. The average Bonchev–Trinajstić information content (AvgIpc) is 2.59. The van der Waals surface area contributed by atoms with Gasteiger partial charge in [-0.15, -0.1) is 0 Å². The van der Waals surface area contributed by atoms with Crippen molar-refractivity contribution in [3.63, 3.8) is 0 Å². The Morgan fingerprint density at radius 1 is 1.22 bits per heavy atom. The van der Waals surface area contributed by atoms with Gasteiger partial charge in [0.25, 0.3) is 5.91 Å². The van der Waals surface area contributed by atoms with E-state index in [1.165, 1.54) is 5.56 Å². The highest BCUT2D eigenvalue weighted by Crippen LogP contribution is 2.19. The molecule has 1 heterocycles. The minimum Gasteiger partial charge on any atom is -0.350 e. The number of amides is 1. The minimum atomic E-state index is -0.105. The molecule has 1 aromatic heterocycles. The molecule has 1 aromatic carbocycles. The van der Waals surface area contributed by atoms with Crippen molar-refractivity contribution in [2.24, 2.45) is 0 Å². The number of rotatable bonds is 7.